The van der Waals surface area contributed by atoms with E-state index in [2.05, 4.69) is 10.2 Å². The molecule has 9 nitrogen and oxygen atoms in total. The molecule has 0 saturated carbocycles. The van der Waals surface area contributed by atoms with Crippen LogP contribution in [0.1, 0.15) is 11.1 Å². The van der Waals surface area contributed by atoms with E-state index in [-0.39, 0.29) is 36.9 Å². The molecule has 2 amide bonds. The van der Waals surface area contributed by atoms with Crippen LogP contribution in [0.5, 0.6) is 5.75 Å². The van der Waals surface area contributed by atoms with Gasteiger partial charge < -0.3 is 30.4 Å². The fraction of sp³-hybridized carbons (Fsp3) is 0.286. The molecule has 0 aromatic heterocycles. The summed E-state index contributed by atoms with van der Waals surface area (Å²) in [5.41, 5.74) is -1.37. The molecule has 0 heterocycles. The van der Waals surface area contributed by atoms with Gasteiger partial charge in [-0.1, -0.05) is 36.4 Å². The lowest BCUT2D eigenvalue weighted by Crippen LogP contribution is -2.41. The van der Waals surface area contributed by atoms with Crippen LogP contribution in [0, 0.1) is 0 Å². The maximum absolute atomic E-state index is 13.0. The minimum atomic E-state index is -5.48. The molecule has 0 fully saturated rings. The van der Waals surface area contributed by atoms with Gasteiger partial charge in [0.25, 0.3) is 0 Å². The summed E-state index contributed by atoms with van der Waals surface area (Å²) >= 11 is 0. The van der Waals surface area contributed by atoms with E-state index < -0.39 is 47.7 Å². The number of rotatable bonds is 11. The van der Waals surface area contributed by atoms with Crippen LogP contribution < -0.4 is 20.4 Å². The van der Waals surface area contributed by atoms with Gasteiger partial charge >= 0.3 is 24.4 Å². The Bertz CT molecular complexity index is 1340. The number of halogens is 6. The Balaban J connectivity index is 1.67. The first kappa shape index (κ1) is 33.2. The van der Waals surface area contributed by atoms with Crippen LogP contribution in [-0.2, 0) is 22.2 Å². The van der Waals surface area contributed by atoms with Crippen LogP contribution in [0.2, 0.25) is 0 Å². The molecule has 0 bridgehead atoms. The van der Waals surface area contributed by atoms with Gasteiger partial charge in [-0.05, 0) is 54.4 Å². The number of hydrogen-bond acceptors (Lipinski definition) is 7. The van der Waals surface area contributed by atoms with Crippen molar-refractivity contribution in [1.29, 1.82) is 0 Å². The van der Waals surface area contributed by atoms with Gasteiger partial charge in [-0.3, -0.25) is 0 Å². The minimum absolute atomic E-state index is 0.0150. The molecule has 2 atom stereocenters. The van der Waals surface area contributed by atoms with E-state index in [0.717, 1.165) is 30.3 Å². The van der Waals surface area contributed by atoms with Crippen molar-refractivity contribution in [3.8, 4) is 5.75 Å². The molecule has 0 aliphatic carbocycles. The predicted octanol–water partition coefficient (Wildman–Crippen LogP) is 4.70. The summed E-state index contributed by atoms with van der Waals surface area (Å²) in [6.45, 7) is -0.297. The first-order valence-electron chi connectivity index (χ1n) is 12.6. The lowest BCUT2D eigenvalue weighted by molar-refractivity contribution is -0.199. The van der Waals surface area contributed by atoms with E-state index in [0.29, 0.717) is 17.4 Å². The number of carbonyl (C=O) groups is 2. The van der Waals surface area contributed by atoms with Crippen LogP contribution >= 0.6 is 0 Å². The first-order chi connectivity index (χ1) is 20.3. The lowest BCUT2D eigenvalue weighted by atomic mass is 10.1. The van der Waals surface area contributed by atoms with Crippen molar-refractivity contribution in [2.75, 3.05) is 30.1 Å². The Hall–Kier alpha value is -4.34. The number of benzene rings is 3. The van der Waals surface area contributed by atoms with E-state index in [1.807, 2.05) is 11.4 Å². The molecule has 43 heavy (non-hydrogen) atoms. The summed E-state index contributed by atoms with van der Waals surface area (Å²) in [7, 11) is 0. The minimum Gasteiger partial charge on any atom is -0.491 e. The molecule has 3 rings (SSSR count). The van der Waals surface area contributed by atoms with Gasteiger partial charge in [0.05, 0.1) is 17.9 Å². The van der Waals surface area contributed by atoms with E-state index in [4.69, 9.17) is 4.74 Å². The van der Waals surface area contributed by atoms with Crippen LogP contribution in [0.4, 0.5) is 42.5 Å². The van der Waals surface area contributed by atoms with Gasteiger partial charge in [0.15, 0.2) is 0 Å². The second kappa shape index (κ2) is 14.7. The van der Waals surface area contributed by atoms with Crippen LogP contribution in [0.25, 0.3) is 0 Å². The van der Waals surface area contributed by atoms with Crippen LogP contribution in [0.3, 0.4) is 0 Å². The monoisotopic (exact) mass is 615 g/mol. The van der Waals surface area contributed by atoms with Gasteiger partial charge in [-0.15, -0.1) is 5.06 Å². The number of nitrogens with one attached hydrogen (secondary N) is 2. The number of para-hydroxylation sites is 1. The molecule has 0 aliphatic heterocycles. The molecule has 0 radical (unpaired) electrons. The third-order valence-electron chi connectivity index (χ3n) is 5.73. The number of ether oxygens (including phenoxy) is 1. The molecule has 0 aliphatic rings. The summed E-state index contributed by atoms with van der Waals surface area (Å²) < 4.78 is 83.2. The highest BCUT2D eigenvalue weighted by Gasteiger charge is 2.44. The van der Waals surface area contributed by atoms with E-state index in [1.54, 1.807) is 24.3 Å². The zero-order chi connectivity index (χ0) is 31.6. The fourth-order valence-corrected chi connectivity index (χ4v) is 3.62. The standard InChI is InChI=1S/C28H27F6N3O6/c29-27(30,31)19-5-4-6-20(14-19)36-26(41)37(43-25(40)28(32,33)34)22-11-9-18(10-12-22)13-21(16-38)35-15-23(39)17-42-24-7-2-1-3-8-24/h1-12,14,21,23,35,38-39H,13,15-17H2,(H,36,41)/t21-,23-/m0/s1. The zero-order valence-corrected chi connectivity index (χ0v) is 22.2. The summed E-state index contributed by atoms with van der Waals surface area (Å²) in [6.07, 6.45) is -11.0. The topological polar surface area (TPSA) is 120 Å². The lowest BCUT2D eigenvalue weighted by Gasteiger charge is -2.23. The number of carbonyl (C=O) groups excluding carboxylic acids is 2. The average Bonchev–Trinajstić information content (AvgIpc) is 2.97. The van der Waals surface area contributed by atoms with Gasteiger partial charge in [-0.25, -0.2) is 9.59 Å². The van der Waals surface area contributed by atoms with Gasteiger partial charge in [0.1, 0.15) is 18.5 Å². The van der Waals surface area contributed by atoms with Crippen molar-refractivity contribution in [2.45, 2.75) is 30.9 Å². The Morgan fingerprint density at radius 1 is 0.907 bits per heavy atom. The van der Waals surface area contributed by atoms with E-state index in [9.17, 15) is 46.1 Å². The number of aliphatic hydroxyl groups excluding tert-OH is 2. The largest absolute Gasteiger partial charge is 0.493 e. The Morgan fingerprint density at radius 2 is 1.58 bits per heavy atom. The molecule has 232 valence electrons. The molecular formula is C28H27F6N3O6. The van der Waals surface area contributed by atoms with Crippen molar-refractivity contribution in [3.05, 3.63) is 90.0 Å². The number of anilines is 2. The highest BCUT2D eigenvalue weighted by molar-refractivity contribution is 6.01. The number of urea groups is 1. The van der Waals surface area contributed by atoms with Crippen molar-refractivity contribution >= 4 is 23.4 Å². The van der Waals surface area contributed by atoms with Crippen molar-refractivity contribution in [1.82, 2.24) is 5.32 Å². The highest BCUT2D eigenvalue weighted by atomic mass is 19.4. The number of amides is 2. The first-order valence-corrected chi connectivity index (χ1v) is 12.6. The summed E-state index contributed by atoms with van der Waals surface area (Å²) in [5.74, 6) is -2.17. The summed E-state index contributed by atoms with van der Waals surface area (Å²) in [6, 6.07) is 15.1. The molecule has 3 aromatic rings. The Kier molecular flexibility index (Phi) is 11.3. The molecule has 0 unspecified atom stereocenters. The third kappa shape index (κ3) is 10.5. The van der Waals surface area contributed by atoms with E-state index >= 15 is 0 Å². The normalized spacial score (nSPS) is 13.1. The molecular weight excluding hydrogens is 588 g/mol. The molecule has 15 heteroatoms. The van der Waals surface area contributed by atoms with Gasteiger partial charge in [0, 0.05) is 18.3 Å². The smallest absolute Gasteiger partial charge is 0.491 e. The van der Waals surface area contributed by atoms with Crippen LogP contribution in [-0.4, -0.2) is 60.3 Å². The second-order valence-electron chi connectivity index (χ2n) is 9.12. The summed E-state index contributed by atoms with van der Waals surface area (Å²) in [5, 5.41) is 24.8. The second-order valence-corrected chi connectivity index (χ2v) is 9.12. The quantitative estimate of drug-likeness (QED) is 0.182. The van der Waals surface area contributed by atoms with Crippen molar-refractivity contribution < 1.29 is 55.7 Å². The SMILES string of the molecule is O=C(Nc1cccc(C(F)(F)F)c1)N(OC(=O)C(F)(F)F)c1ccc(C[C@@H](CO)NC[C@H](O)COc2ccccc2)cc1. The average molecular weight is 616 g/mol. The number of nitrogens with zero attached hydrogens (tertiary/aromatic N) is 1. The predicted molar refractivity (Wildman–Crippen MR) is 142 cm³/mol. The van der Waals surface area contributed by atoms with Gasteiger partial charge in [-0.2, -0.15) is 26.3 Å². The Morgan fingerprint density at radius 3 is 2.19 bits per heavy atom. The maximum Gasteiger partial charge on any atom is 0.493 e. The third-order valence-corrected chi connectivity index (χ3v) is 5.73. The number of hydroxylamine groups is 1. The van der Waals surface area contributed by atoms with Crippen molar-refractivity contribution in [2.24, 2.45) is 0 Å². The highest BCUT2D eigenvalue weighted by Crippen LogP contribution is 2.31. The van der Waals surface area contributed by atoms with Crippen molar-refractivity contribution in [3.63, 3.8) is 0 Å². The van der Waals surface area contributed by atoms with Crippen LogP contribution in [0.15, 0.2) is 78.9 Å². The number of aliphatic hydroxyl groups is 2. The zero-order valence-electron chi connectivity index (χ0n) is 22.2. The molecule has 4 N–H and O–H groups in total. The van der Waals surface area contributed by atoms with E-state index in [1.165, 1.54) is 12.1 Å². The van der Waals surface area contributed by atoms with Gasteiger partial charge in [0.2, 0.25) is 0 Å². The fourth-order valence-electron chi connectivity index (χ4n) is 3.62. The number of hydrogen-bond donors (Lipinski definition) is 4. The maximum atomic E-state index is 13.0. The summed E-state index contributed by atoms with van der Waals surface area (Å²) in [4.78, 5) is 28.5. The molecule has 0 saturated heterocycles. The Labute approximate surface area is 241 Å². The molecule has 3 aromatic carbocycles. The number of alkyl halides is 6. The molecule has 0 spiro atoms.